The van der Waals surface area contributed by atoms with E-state index < -0.39 is 0 Å². The summed E-state index contributed by atoms with van der Waals surface area (Å²) in [7, 11) is 1.86. The van der Waals surface area contributed by atoms with Gasteiger partial charge in [-0.2, -0.15) is 0 Å². The van der Waals surface area contributed by atoms with Gasteiger partial charge in [0.05, 0.1) is 5.69 Å². The summed E-state index contributed by atoms with van der Waals surface area (Å²) in [6, 6.07) is 7.69. The first-order valence-electron chi connectivity index (χ1n) is 5.38. The van der Waals surface area contributed by atoms with Crippen LogP contribution in [-0.4, -0.2) is 18.6 Å². The molecule has 0 saturated heterocycles. The average Bonchev–Trinajstić information content (AvgIpc) is 2.87. The van der Waals surface area contributed by atoms with Crippen molar-refractivity contribution < 1.29 is 9.47 Å². The molecule has 0 saturated carbocycles. The van der Waals surface area contributed by atoms with Crippen LogP contribution in [0.5, 0.6) is 11.5 Å². The molecule has 17 heavy (non-hydrogen) atoms. The standard InChI is InChI=1S/C12H12N2O2S/c1-13-12-14-8(7-17-12)11-6-15-9-4-2-3-5-10(9)16-11/h2-5,7,11H,6H2,1H3,(H,13,14). The van der Waals surface area contributed by atoms with Crippen LogP contribution in [0.2, 0.25) is 0 Å². The fourth-order valence-electron chi connectivity index (χ4n) is 1.71. The molecule has 0 amide bonds. The van der Waals surface area contributed by atoms with Gasteiger partial charge in [0.1, 0.15) is 6.61 Å². The normalized spacial score (nSPS) is 17.8. The van der Waals surface area contributed by atoms with Crippen molar-refractivity contribution >= 4 is 16.5 Å². The second kappa shape index (κ2) is 4.25. The van der Waals surface area contributed by atoms with Gasteiger partial charge in [-0.25, -0.2) is 4.98 Å². The highest BCUT2D eigenvalue weighted by molar-refractivity contribution is 7.13. The van der Waals surface area contributed by atoms with Gasteiger partial charge in [-0.3, -0.25) is 0 Å². The van der Waals surface area contributed by atoms with Crippen molar-refractivity contribution in [1.29, 1.82) is 0 Å². The Balaban J connectivity index is 1.84. The van der Waals surface area contributed by atoms with E-state index in [4.69, 9.17) is 9.47 Å². The lowest BCUT2D eigenvalue weighted by Gasteiger charge is -2.25. The molecular weight excluding hydrogens is 236 g/mol. The van der Waals surface area contributed by atoms with Crippen LogP contribution in [0.1, 0.15) is 11.8 Å². The fraction of sp³-hybridized carbons (Fsp3) is 0.250. The second-order valence-electron chi connectivity index (χ2n) is 3.69. The molecule has 0 bridgehead atoms. The number of thiazole rings is 1. The highest BCUT2D eigenvalue weighted by atomic mass is 32.1. The third kappa shape index (κ3) is 1.93. The monoisotopic (exact) mass is 248 g/mol. The molecule has 1 aromatic heterocycles. The van der Waals surface area contributed by atoms with Gasteiger partial charge < -0.3 is 14.8 Å². The van der Waals surface area contributed by atoms with Crippen molar-refractivity contribution in [2.75, 3.05) is 19.0 Å². The Morgan fingerprint density at radius 3 is 2.94 bits per heavy atom. The molecular formula is C12H12N2O2S. The summed E-state index contributed by atoms with van der Waals surface area (Å²) in [5.74, 6) is 1.58. The zero-order valence-electron chi connectivity index (χ0n) is 9.34. The van der Waals surface area contributed by atoms with E-state index in [9.17, 15) is 0 Å². The number of nitrogens with one attached hydrogen (secondary N) is 1. The molecule has 1 unspecified atom stereocenters. The summed E-state index contributed by atoms with van der Waals surface area (Å²) in [6.07, 6.45) is -0.122. The summed E-state index contributed by atoms with van der Waals surface area (Å²) in [5, 5.41) is 5.90. The van der Waals surface area contributed by atoms with E-state index in [1.54, 1.807) is 11.3 Å². The van der Waals surface area contributed by atoms with Gasteiger partial charge in [-0.05, 0) is 12.1 Å². The number of anilines is 1. The Morgan fingerprint density at radius 2 is 2.18 bits per heavy atom. The maximum atomic E-state index is 5.87. The minimum atomic E-state index is -0.122. The fourth-order valence-corrected chi connectivity index (χ4v) is 2.43. The Morgan fingerprint density at radius 1 is 1.35 bits per heavy atom. The number of hydrogen-bond acceptors (Lipinski definition) is 5. The van der Waals surface area contributed by atoms with E-state index in [0.717, 1.165) is 22.3 Å². The van der Waals surface area contributed by atoms with Crippen molar-refractivity contribution in [3.8, 4) is 11.5 Å². The predicted molar refractivity (Wildman–Crippen MR) is 67.0 cm³/mol. The van der Waals surface area contributed by atoms with Gasteiger partial charge >= 0.3 is 0 Å². The molecule has 2 heterocycles. The largest absolute Gasteiger partial charge is 0.485 e. The minimum Gasteiger partial charge on any atom is -0.485 e. The number of para-hydroxylation sites is 2. The molecule has 1 atom stereocenters. The summed E-state index contributed by atoms with van der Waals surface area (Å²) in [5.41, 5.74) is 0.911. The average molecular weight is 248 g/mol. The van der Waals surface area contributed by atoms with Gasteiger partial charge in [-0.15, -0.1) is 11.3 Å². The number of ether oxygens (including phenoxy) is 2. The lowest BCUT2D eigenvalue weighted by molar-refractivity contribution is 0.0888. The third-order valence-corrected chi connectivity index (χ3v) is 3.45. The number of hydrogen-bond donors (Lipinski definition) is 1. The predicted octanol–water partition coefficient (Wildman–Crippen LogP) is 2.70. The quantitative estimate of drug-likeness (QED) is 0.887. The van der Waals surface area contributed by atoms with Crippen molar-refractivity contribution in [2.24, 2.45) is 0 Å². The number of aromatic nitrogens is 1. The SMILES string of the molecule is CNc1nc(C2COc3ccccc3O2)cs1. The molecule has 0 spiro atoms. The molecule has 1 N–H and O–H groups in total. The van der Waals surface area contributed by atoms with Gasteiger partial charge in [0.25, 0.3) is 0 Å². The molecule has 0 radical (unpaired) electrons. The highest BCUT2D eigenvalue weighted by Crippen LogP contribution is 2.36. The lowest BCUT2D eigenvalue weighted by atomic mass is 10.2. The van der Waals surface area contributed by atoms with Crippen LogP contribution in [0.3, 0.4) is 0 Å². The molecule has 1 aliphatic heterocycles. The zero-order chi connectivity index (χ0) is 11.7. The second-order valence-corrected chi connectivity index (χ2v) is 4.55. The van der Waals surface area contributed by atoms with Crippen molar-refractivity contribution in [3.05, 3.63) is 35.3 Å². The number of rotatable bonds is 2. The molecule has 1 aliphatic rings. The van der Waals surface area contributed by atoms with Gasteiger partial charge in [0.2, 0.25) is 0 Å². The summed E-state index contributed by atoms with van der Waals surface area (Å²) in [4.78, 5) is 4.43. The molecule has 88 valence electrons. The van der Waals surface area contributed by atoms with Gasteiger partial charge in [0, 0.05) is 12.4 Å². The van der Waals surface area contributed by atoms with Gasteiger partial charge in [0.15, 0.2) is 22.7 Å². The first-order valence-corrected chi connectivity index (χ1v) is 6.26. The van der Waals surface area contributed by atoms with Crippen LogP contribution in [0.25, 0.3) is 0 Å². The first kappa shape index (κ1) is 10.4. The molecule has 0 aliphatic carbocycles. The Hall–Kier alpha value is -1.75. The van der Waals surface area contributed by atoms with E-state index in [1.165, 1.54) is 0 Å². The van der Waals surface area contributed by atoms with Crippen molar-refractivity contribution in [2.45, 2.75) is 6.10 Å². The zero-order valence-corrected chi connectivity index (χ0v) is 10.2. The van der Waals surface area contributed by atoms with E-state index in [0.29, 0.717) is 6.61 Å². The van der Waals surface area contributed by atoms with Crippen LogP contribution in [0.15, 0.2) is 29.6 Å². The van der Waals surface area contributed by atoms with E-state index in [-0.39, 0.29) is 6.10 Å². The van der Waals surface area contributed by atoms with Crippen LogP contribution in [0, 0.1) is 0 Å². The Bertz CT molecular complexity index is 527. The maximum Gasteiger partial charge on any atom is 0.182 e. The highest BCUT2D eigenvalue weighted by Gasteiger charge is 2.24. The smallest absolute Gasteiger partial charge is 0.182 e. The summed E-state index contributed by atoms with van der Waals surface area (Å²) < 4.78 is 11.5. The molecule has 1 aromatic carbocycles. The molecule has 4 nitrogen and oxygen atoms in total. The van der Waals surface area contributed by atoms with Crippen LogP contribution in [0.4, 0.5) is 5.13 Å². The molecule has 2 aromatic rings. The molecule has 3 rings (SSSR count). The molecule has 5 heteroatoms. The van der Waals surface area contributed by atoms with Crippen molar-refractivity contribution in [3.63, 3.8) is 0 Å². The summed E-state index contributed by atoms with van der Waals surface area (Å²) in [6.45, 7) is 0.504. The van der Waals surface area contributed by atoms with Crippen LogP contribution in [-0.2, 0) is 0 Å². The lowest BCUT2D eigenvalue weighted by Crippen LogP contribution is -2.21. The maximum absolute atomic E-state index is 5.87. The number of benzene rings is 1. The Labute approximate surface area is 103 Å². The van der Waals surface area contributed by atoms with Crippen LogP contribution < -0.4 is 14.8 Å². The van der Waals surface area contributed by atoms with E-state index in [2.05, 4.69) is 10.3 Å². The van der Waals surface area contributed by atoms with Crippen LogP contribution >= 0.6 is 11.3 Å². The topological polar surface area (TPSA) is 43.4 Å². The summed E-state index contributed by atoms with van der Waals surface area (Å²) >= 11 is 1.57. The minimum absolute atomic E-state index is 0.122. The number of nitrogens with zero attached hydrogens (tertiary/aromatic N) is 1. The van der Waals surface area contributed by atoms with E-state index in [1.807, 2.05) is 36.7 Å². The van der Waals surface area contributed by atoms with E-state index >= 15 is 0 Å². The molecule has 0 fully saturated rings. The number of fused-ring (bicyclic) bond motifs is 1. The Kier molecular flexibility index (Phi) is 2.60. The third-order valence-electron chi connectivity index (χ3n) is 2.57. The first-order chi connectivity index (χ1) is 8.36. The van der Waals surface area contributed by atoms with Crippen molar-refractivity contribution in [1.82, 2.24) is 4.98 Å². The van der Waals surface area contributed by atoms with Gasteiger partial charge in [-0.1, -0.05) is 12.1 Å².